The van der Waals surface area contributed by atoms with Crippen LogP contribution in [0, 0.1) is 0 Å². The van der Waals surface area contributed by atoms with E-state index >= 15 is 0 Å². The molecule has 0 aliphatic rings. The fraction of sp³-hybridized carbons (Fsp3) is 0.571. The van der Waals surface area contributed by atoms with Gasteiger partial charge in [0.15, 0.2) is 0 Å². The number of benzene rings is 1. The first-order valence-corrected chi connectivity index (χ1v) is 6.38. The zero-order valence-electron chi connectivity index (χ0n) is 12.3. The number of likely N-dealkylation sites (N-methyl/N-ethyl adjacent to an activating group) is 1. The maximum atomic E-state index is 12.7. The van der Waals surface area contributed by atoms with Gasteiger partial charge in [-0.1, -0.05) is 18.2 Å². The lowest BCUT2D eigenvalue weighted by atomic mass is 9.88. The molecule has 1 atom stereocenters. The van der Waals surface area contributed by atoms with Gasteiger partial charge in [0.1, 0.15) is 0 Å². The molecule has 0 aliphatic heterocycles. The molecule has 1 rings (SSSR count). The van der Waals surface area contributed by atoms with Crippen LogP contribution < -0.4 is 11.3 Å². The van der Waals surface area contributed by atoms with Gasteiger partial charge in [-0.05, 0) is 46.0 Å². The minimum atomic E-state index is -4.32. The van der Waals surface area contributed by atoms with Gasteiger partial charge in [-0.2, -0.15) is 13.2 Å². The molecular weight excluding hydrogens is 267 g/mol. The fourth-order valence-electron chi connectivity index (χ4n) is 1.93. The Balaban J connectivity index is 2.97. The SMILES string of the molecule is CN(C)C(C)(C)C(Cc1cccc(C(F)(F)F)c1)NN. The summed E-state index contributed by atoms with van der Waals surface area (Å²) in [7, 11) is 3.83. The van der Waals surface area contributed by atoms with E-state index in [4.69, 9.17) is 5.84 Å². The second kappa shape index (κ2) is 6.11. The van der Waals surface area contributed by atoms with Gasteiger partial charge in [0, 0.05) is 11.6 Å². The number of hydrogen-bond acceptors (Lipinski definition) is 3. The molecule has 0 heterocycles. The molecule has 0 aromatic heterocycles. The predicted molar refractivity (Wildman–Crippen MR) is 74.0 cm³/mol. The van der Waals surface area contributed by atoms with Gasteiger partial charge >= 0.3 is 6.18 Å². The summed E-state index contributed by atoms with van der Waals surface area (Å²) in [5.41, 5.74) is 2.40. The molecule has 0 spiro atoms. The van der Waals surface area contributed by atoms with Crippen molar-refractivity contribution in [3.63, 3.8) is 0 Å². The summed E-state index contributed by atoms with van der Waals surface area (Å²) in [6, 6.07) is 5.20. The summed E-state index contributed by atoms with van der Waals surface area (Å²) in [6.07, 6.45) is -3.90. The zero-order valence-corrected chi connectivity index (χ0v) is 12.3. The summed E-state index contributed by atoms with van der Waals surface area (Å²) in [6.45, 7) is 3.98. The molecule has 0 saturated carbocycles. The smallest absolute Gasteiger partial charge is 0.303 e. The summed E-state index contributed by atoms with van der Waals surface area (Å²) < 4.78 is 38.1. The van der Waals surface area contributed by atoms with Crippen LogP contribution in [0.4, 0.5) is 13.2 Å². The number of rotatable bonds is 5. The molecular formula is C14H22F3N3. The molecule has 1 aromatic rings. The van der Waals surface area contributed by atoms with Crippen molar-refractivity contribution in [1.29, 1.82) is 0 Å². The minimum Gasteiger partial charge on any atom is -0.303 e. The van der Waals surface area contributed by atoms with Gasteiger partial charge in [-0.3, -0.25) is 11.3 Å². The standard InChI is InChI=1S/C14H22F3N3/c1-13(2,20(3)4)12(19-18)9-10-6-5-7-11(8-10)14(15,16)17/h5-8,12,19H,9,18H2,1-4H3. The van der Waals surface area contributed by atoms with E-state index in [0.29, 0.717) is 12.0 Å². The van der Waals surface area contributed by atoms with E-state index in [2.05, 4.69) is 5.43 Å². The average molecular weight is 289 g/mol. The first-order valence-electron chi connectivity index (χ1n) is 6.38. The highest BCUT2D eigenvalue weighted by Crippen LogP contribution is 2.30. The highest BCUT2D eigenvalue weighted by Gasteiger charge is 2.33. The number of nitrogens with one attached hydrogen (secondary N) is 1. The molecule has 20 heavy (non-hydrogen) atoms. The van der Waals surface area contributed by atoms with Crippen molar-refractivity contribution in [2.24, 2.45) is 5.84 Å². The quantitative estimate of drug-likeness (QED) is 0.646. The Bertz CT molecular complexity index is 442. The number of hydrogen-bond donors (Lipinski definition) is 2. The highest BCUT2D eigenvalue weighted by atomic mass is 19.4. The summed E-state index contributed by atoms with van der Waals surface area (Å²) in [4.78, 5) is 1.99. The van der Waals surface area contributed by atoms with Crippen molar-refractivity contribution in [1.82, 2.24) is 10.3 Å². The van der Waals surface area contributed by atoms with Crippen molar-refractivity contribution >= 4 is 0 Å². The molecule has 0 radical (unpaired) electrons. The first-order chi connectivity index (χ1) is 9.09. The maximum absolute atomic E-state index is 12.7. The highest BCUT2D eigenvalue weighted by molar-refractivity contribution is 5.26. The molecule has 0 amide bonds. The van der Waals surface area contributed by atoms with Crippen molar-refractivity contribution in [3.8, 4) is 0 Å². The molecule has 114 valence electrons. The van der Waals surface area contributed by atoms with Crippen molar-refractivity contribution in [2.45, 2.75) is 38.0 Å². The first kappa shape index (κ1) is 16.9. The Morgan fingerprint density at radius 2 is 1.85 bits per heavy atom. The summed E-state index contributed by atoms with van der Waals surface area (Å²) in [5.74, 6) is 5.57. The lowest BCUT2D eigenvalue weighted by molar-refractivity contribution is -0.137. The third kappa shape index (κ3) is 3.94. The van der Waals surface area contributed by atoms with Crippen LogP contribution in [-0.2, 0) is 12.6 Å². The summed E-state index contributed by atoms with van der Waals surface area (Å²) >= 11 is 0. The third-order valence-corrected chi connectivity index (χ3v) is 3.90. The Hall–Kier alpha value is -1.11. The van der Waals surface area contributed by atoms with Gasteiger partial charge in [0.25, 0.3) is 0 Å². The second-order valence-corrected chi connectivity index (χ2v) is 5.67. The fourth-order valence-corrected chi connectivity index (χ4v) is 1.93. The number of halogens is 3. The Morgan fingerprint density at radius 3 is 2.30 bits per heavy atom. The van der Waals surface area contributed by atoms with E-state index in [-0.39, 0.29) is 11.6 Å². The van der Waals surface area contributed by atoms with E-state index in [1.54, 1.807) is 6.07 Å². The molecule has 1 unspecified atom stereocenters. The second-order valence-electron chi connectivity index (χ2n) is 5.67. The number of nitrogens with zero attached hydrogens (tertiary/aromatic N) is 1. The van der Waals surface area contributed by atoms with Gasteiger partial charge in [-0.25, -0.2) is 0 Å². The van der Waals surface area contributed by atoms with E-state index in [0.717, 1.165) is 6.07 Å². The maximum Gasteiger partial charge on any atom is 0.416 e. The lowest BCUT2D eigenvalue weighted by Crippen LogP contribution is -2.58. The minimum absolute atomic E-state index is 0.166. The Labute approximate surface area is 117 Å². The van der Waals surface area contributed by atoms with Crippen LogP contribution >= 0.6 is 0 Å². The van der Waals surface area contributed by atoms with Gasteiger partial charge in [0.05, 0.1) is 5.56 Å². The molecule has 3 N–H and O–H groups in total. The molecule has 6 heteroatoms. The predicted octanol–water partition coefficient (Wildman–Crippen LogP) is 2.42. The van der Waals surface area contributed by atoms with Crippen LogP contribution in [-0.4, -0.2) is 30.6 Å². The van der Waals surface area contributed by atoms with Gasteiger partial charge in [0.2, 0.25) is 0 Å². The Morgan fingerprint density at radius 1 is 1.25 bits per heavy atom. The van der Waals surface area contributed by atoms with Crippen molar-refractivity contribution in [3.05, 3.63) is 35.4 Å². The van der Waals surface area contributed by atoms with Crippen LogP contribution in [0.3, 0.4) is 0 Å². The largest absolute Gasteiger partial charge is 0.416 e. The average Bonchev–Trinajstić information content (AvgIpc) is 2.34. The van der Waals surface area contributed by atoms with E-state index in [9.17, 15) is 13.2 Å². The van der Waals surface area contributed by atoms with E-state index in [1.807, 2.05) is 32.8 Å². The van der Waals surface area contributed by atoms with Gasteiger partial charge < -0.3 is 4.90 Å². The normalized spacial score (nSPS) is 14.7. The van der Waals surface area contributed by atoms with Crippen LogP contribution in [0.1, 0.15) is 25.0 Å². The molecule has 0 saturated heterocycles. The van der Waals surface area contributed by atoms with E-state index in [1.165, 1.54) is 12.1 Å². The third-order valence-electron chi connectivity index (χ3n) is 3.90. The van der Waals surface area contributed by atoms with E-state index < -0.39 is 11.7 Å². The summed E-state index contributed by atoms with van der Waals surface area (Å²) in [5, 5.41) is 0. The van der Waals surface area contributed by atoms with Crippen LogP contribution in [0.5, 0.6) is 0 Å². The van der Waals surface area contributed by atoms with Crippen LogP contribution in [0.25, 0.3) is 0 Å². The number of alkyl halides is 3. The molecule has 0 bridgehead atoms. The molecule has 0 aliphatic carbocycles. The Kier molecular flexibility index (Phi) is 5.18. The molecule has 3 nitrogen and oxygen atoms in total. The van der Waals surface area contributed by atoms with Crippen molar-refractivity contribution < 1.29 is 13.2 Å². The monoisotopic (exact) mass is 289 g/mol. The topological polar surface area (TPSA) is 41.3 Å². The molecule has 0 fully saturated rings. The van der Waals surface area contributed by atoms with Crippen LogP contribution in [0.15, 0.2) is 24.3 Å². The van der Waals surface area contributed by atoms with Crippen molar-refractivity contribution in [2.75, 3.05) is 14.1 Å². The van der Waals surface area contributed by atoms with Crippen LogP contribution in [0.2, 0.25) is 0 Å². The molecule has 1 aromatic carbocycles. The number of hydrazine groups is 1. The van der Waals surface area contributed by atoms with Gasteiger partial charge in [-0.15, -0.1) is 0 Å². The number of nitrogens with two attached hydrogens (primary N) is 1. The zero-order chi connectivity index (χ0) is 15.6. The lowest BCUT2D eigenvalue weighted by Gasteiger charge is -2.40.